The van der Waals surface area contributed by atoms with Gasteiger partial charge in [0.15, 0.2) is 5.82 Å². The molecule has 0 bridgehead atoms. The third-order valence-electron chi connectivity index (χ3n) is 2.33. The van der Waals surface area contributed by atoms with Crippen molar-refractivity contribution in [3.8, 4) is 0 Å². The van der Waals surface area contributed by atoms with Gasteiger partial charge in [0, 0.05) is 19.5 Å². The Kier molecular flexibility index (Phi) is 2.79. The molecule has 1 aliphatic rings. The third-order valence-corrected chi connectivity index (χ3v) is 2.33. The first-order chi connectivity index (χ1) is 6.74. The highest BCUT2D eigenvalue weighted by Crippen LogP contribution is 2.11. The largest absolute Gasteiger partial charge is 0.369 e. The van der Waals surface area contributed by atoms with Gasteiger partial charge in [-0.2, -0.15) is 4.98 Å². The summed E-state index contributed by atoms with van der Waals surface area (Å²) in [6, 6.07) is 0.548. The minimum absolute atomic E-state index is 0.281. The van der Waals surface area contributed by atoms with Crippen molar-refractivity contribution < 1.29 is 9.26 Å². The lowest BCUT2D eigenvalue weighted by Gasteiger charge is -2.07. The molecule has 1 N–H and O–H groups in total. The van der Waals surface area contributed by atoms with E-state index in [1.54, 1.807) is 6.92 Å². The van der Waals surface area contributed by atoms with Gasteiger partial charge >= 0.3 is 0 Å². The van der Waals surface area contributed by atoms with Crippen LogP contribution in [0, 0.1) is 6.92 Å². The van der Waals surface area contributed by atoms with Gasteiger partial charge < -0.3 is 14.6 Å². The highest BCUT2D eigenvalue weighted by Gasteiger charge is 2.21. The van der Waals surface area contributed by atoms with E-state index in [2.05, 4.69) is 22.4 Å². The highest BCUT2D eigenvalue weighted by atomic mass is 16.5. The van der Waals surface area contributed by atoms with Crippen LogP contribution in [-0.2, 0) is 11.3 Å². The maximum atomic E-state index is 5.63. The maximum absolute atomic E-state index is 5.63. The second-order valence-electron chi connectivity index (χ2n) is 3.71. The number of nitrogens with zero attached hydrogens (tertiary/aromatic N) is 2. The topological polar surface area (TPSA) is 60.2 Å². The second kappa shape index (κ2) is 4.06. The van der Waals surface area contributed by atoms with Gasteiger partial charge in [-0.05, 0) is 13.3 Å². The first-order valence-corrected chi connectivity index (χ1v) is 4.88. The summed E-state index contributed by atoms with van der Waals surface area (Å²) in [5.74, 6) is 1.21. The summed E-state index contributed by atoms with van der Waals surface area (Å²) in [6.07, 6.45) is 1.33. The Labute approximate surface area is 82.8 Å². The Morgan fingerprint density at radius 3 is 3.07 bits per heavy atom. The van der Waals surface area contributed by atoms with Crippen LogP contribution in [0.5, 0.6) is 0 Å². The first-order valence-electron chi connectivity index (χ1n) is 4.88. The standard InChI is InChI=1S/C9H15N3O2/c1-6-3-8(4-10-6)13-5-9-11-7(2)14-12-9/h6,8,10H,3-5H2,1-2H3/t6-,8+/m0/s1. The molecule has 5 heteroatoms. The number of nitrogens with one attached hydrogen (secondary N) is 1. The van der Waals surface area contributed by atoms with E-state index >= 15 is 0 Å². The zero-order valence-corrected chi connectivity index (χ0v) is 8.49. The van der Waals surface area contributed by atoms with E-state index in [0.29, 0.717) is 24.4 Å². The van der Waals surface area contributed by atoms with E-state index in [1.807, 2.05) is 0 Å². The van der Waals surface area contributed by atoms with Crippen LogP contribution in [0.4, 0.5) is 0 Å². The fourth-order valence-electron chi connectivity index (χ4n) is 1.61. The molecule has 0 aromatic carbocycles. The fraction of sp³-hybridized carbons (Fsp3) is 0.778. The van der Waals surface area contributed by atoms with Crippen LogP contribution in [0.2, 0.25) is 0 Å². The molecule has 1 saturated heterocycles. The van der Waals surface area contributed by atoms with Crippen molar-refractivity contribution in [3.63, 3.8) is 0 Å². The SMILES string of the molecule is Cc1nc(CO[C@H]2CN[C@@H](C)C2)no1. The zero-order chi connectivity index (χ0) is 9.97. The molecule has 0 unspecified atom stereocenters. The molecule has 78 valence electrons. The molecule has 1 fully saturated rings. The van der Waals surface area contributed by atoms with Crippen molar-refractivity contribution in [1.29, 1.82) is 0 Å². The average Bonchev–Trinajstić information content (AvgIpc) is 2.72. The molecule has 0 saturated carbocycles. The van der Waals surface area contributed by atoms with Gasteiger partial charge in [-0.1, -0.05) is 5.16 Å². The summed E-state index contributed by atoms with van der Waals surface area (Å²) >= 11 is 0. The molecular formula is C9H15N3O2. The predicted octanol–water partition coefficient (Wildman–Crippen LogP) is 0.645. The third kappa shape index (κ3) is 2.30. The lowest BCUT2D eigenvalue weighted by molar-refractivity contribution is 0.0477. The highest BCUT2D eigenvalue weighted by molar-refractivity contribution is 4.83. The van der Waals surface area contributed by atoms with Crippen molar-refractivity contribution in [1.82, 2.24) is 15.5 Å². The molecule has 5 nitrogen and oxygen atoms in total. The number of hydrogen-bond donors (Lipinski definition) is 1. The molecule has 2 rings (SSSR count). The van der Waals surface area contributed by atoms with E-state index < -0.39 is 0 Å². The van der Waals surface area contributed by atoms with E-state index in [9.17, 15) is 0 Å². The summed E-state index contributed by atoms with van der Waals surface area (Å²) in [7, 11) is 0. The van der Waals surface area contributed by atoms with E-state index in [0.717, 1.165) is 13.0 Å². The Hall–Kier alpha value is -0.940. The van der Waals surface area contributed by atoms with Crippen LogP contribution in [0.25, 0.3) is 0 Å². The fourth-order valence-corrected chi connectivity index (χ4v) is 1.61. The summed E-state index contributed by atoms with van der Waals surface area (Å²) in [5.41, 5.74) is 0. The minimum atomic E-state index is 0.281. The molecule has 0 aliphatic carbocycles. The van der Waals surface area contributed by atoms with E-state index in [1.165, 1.54) is 0 Å². The van der Waals surface area contributed by atoms with Gasteiger partial charge in [0.25, 0.3) is 0 Å². The monoisotopic (exact) mass is 197 g/mol. The van der Waals surface area contributed by atoms with Gasteiger partial charge in [-0.3, -0.25) is 0 Å². The molecule has 2 heterocycles. The predicted molar refractivity (Wildman–Crippen MR) is 49.7 cm³/mol. The Bertz CT molecular complexity index is 300. The van der Waals surface area contributed by atoms with Crippen LogP contribution < -0.4 is 5.32 Å². The van der Waals surface area contributed by atoms with Gasteiger partial charge in [0.2, 0.25) is 5.89 Å². The summed E-state index contributed by atoms with van der Waals surface area (Å²) in [5, 5.41) is 7.09. The van der Waals surface area contributed by atoms with Gasteiger partial charge in [0.05, 0.1) is 6.10 Å². The lowest BCUT2D eigenvalue weighted by Crippen LogP contribution is -2.18. The van der Waals surface area contributed by atoms with Crippen LogP contribution in [-0.4, -0.2) is 28.8 Å². The summed E-state index contributed by atoms with van der Waals surface area (Å²) in [4.78, 5) is 4.07. The number of aryl methyl sites for hydroxylation is 1. The van der Waals surface area contributed by atoms with E-state index in [4.69, 9.17) is 9.26 Å². The molecule has 1 aromatic rings. The minimum Gasteiger partial charge on any atom is -0.369 e. The van der Waals surface area contributed by atoms with Crippen molar-refractivity contribution in [2.24, 2.45) is 0 Å². The van der Waals surface area contributed by atoms with Gasteiger partial charge in [-0.25, -0.2) is 0 Å². The Morgan fingerprint density at radius 1 is 1.64 bits per heavy atom. The molecule has 1 aromatic heterocycles. The van der Waals surface area contributed by atoms with Crippen molar-refractivity contribution in [2.75, 3.05) is 6.54 Å². The van der Waals surface area contributed by atoms with Crippen molar-refractivity contribution >= 4 is 0 Å². The van der Waals surface area contributed by atoms with Crippen LogP contribution in [0.1, 0.15) is 25.1 Å². The quantitative estimate of drug-likeness (QED) is 0.770. The smallest absolute Gasteiger partial charge is 0.223 e. The lowest BCUT2D eigenvalue weighted by atomic mass is 10.2. The van der Waals surface area contributed by atoms with Crippen molar-refractivity contribution in [2.45, 2.75) is 39.0 Å². The average molecular weight is 197 g/mol. The van der Waals surface area contributed by atoms with Crippen LogP contribution in [0.15, 0.2) is 4.52 Å². The normalized spacial score (nSPS) is 27.0. The molecule has 0 radical (unpaired) electrons. The van der Waals surface area contributed by atoms with Crippen LogP contribution in [0.3, 0.4) is 0 Å². The summed E-state index contributed by atoms with van der Waals surface area (Å²) in [6.45, 7) is 5.28. The molecule has 0 spiro atoms. The Balaban J connectivity index is 1.77. The molecule has 2 atom stereocenters. The van der Waals surface area contributed by atoms with Crippen molar-refractivity contribution in [3.05, 3.63) is 11.7 Å². The number of rotatable bonds is 3. The summed E-state index contributed by atoms with van der Waals surface area (Å²) < 4.78 is 10.5. The van der Waals surface area contributed by atoms with Crippen LogP contribution >= 0.6 is 0 Å². The van der Waals surface area contributed by atoms with E-state index in [-0.39, 0.29) is 6.10 Å². The van der Waals surface area contributed by atoms with Gasteiger partial charge in [0.1, 0.15) is 6.61 Å². The first kappa shape index (κ1) is 9.61. The number of hydrogen-bond acceptors (Lipinski definition) is 5. The van der Waals surface area contributed by atoms with Gasteiger partial charge in [-0.15, -0.1) is 0 Å². The number of aromatic nitrogens is 2. The maximum Gasteiger partial charge on any atom is 0.223 e. The molecule has 1 aliphatic heterocycles. The second-order valence-corrected chi connectivity index (χ2v) is 3.71. The molecular weight excluding hydrogens is 182 g/mol. The number of ether oxygens (including phenoxy) is 1. The molecule has 14 heavy (non-hydrogen) atoms. The Morgan fingerprint density at radius 2 is 2.50 bits per heavy atom. The zero-order valence-electron chi connectivity index (χ0n) is 8.49. The molecule has 0 amide bonds.